The van der Waals surface area contributed by atoms with Gasteiger partial charge in [-0.15, -0.1) is 0 Å². The molecule has 0 aliphatic heterocycles. The van der Waals surface area contributed by atoms with Crippen LogP contribution in [0.15, 0.2) is 12.2 Å². The molecule has 10 atom stereocenters. The van der Waals surface area contributed by atoms with E-state index < -0.39 is 0 Å². The van der Waals surface area contributed by atoms with Gasteiger partial charge in [0.15, 0.2) is 0 Å². The SMILES string of the molecule is CC(C)[C@@H]1CC[C@]2(C)CC[C@]3(C)[C@H](C=C[C@@H]4[C@@]5(C)CC[C@H](O)C(C)(C)[C@@H]5CC[C@]43C)[C@@H]12. The van der Waals surface area contributed by atoms with Crippen molar-refractivity contribution in [2.45, 2.75) is 113 Å². The van der Waals surface area contributed by atoms with E-state index in [-0.39, 0.29) is 11.5 Å². The molecule has 1 nitrogen and oxygen atoms in total. The van der Waals surface area contributed by atoms with E-state index in [4.69, 9.17) is 0 Å². The molecule has 1 heteroatoms. The van der Waals surface area contributed by atoms with Crippen molar-refractivity contribution in [2.75, 3.05) is 0 Å². The van der Waals surface area contributed by atoms with E-state index in [2.05, 4.69) is 67.5 Å². The summed E-state index contributed by atoms with van der Waals surface area (Å²) in [6.45, 7) is 20.4. The molecule has 0 aromatic carbocycles. The summed E-state index contributed by atoms with van der Waals surface area (Å²) in [4.78, 5) is 0. The van der Waals surface area contributed by atoms with Crippen LogP contribution >= 0.6 is 0 Å². The Morgan fingerprint density at radius 3 is 2.16 bits per heavy atom. The summed E-state index contributed by atoms with van der Waals surface area (Å²) in [6.07, 6.45) is 16.0. The van der Waals surface area contributed by atoms with Crippen LogP contribution in [0.4, 0.5) is 0 Å². The maximum Gasteiger partial charge on any atom is 0.0594 e. The Labute approximate surface area is 192 Å². The topological polar surface area (TPSA) is 20.2 Å². The molecule has 0 unspecified atom stereocenters. The summed E-state index contributed by atoms with van der Waals surface area (Å²) >= 11 is 0. The van der Waals surface area contributed by atoms with Crippen LogP contribution in [0.3, 0.4) is 0 Å². The molecule has 0 bridgehead atoms. The van der Waals surface area contributed by atoms with E-state index >= 15 is 0 Å². The first-order valence-electron chi connectivity index (χ1n) is 13.7. The van der Waals surface area contributed by atoms with Gasteiger partial charge in [0.2, 0.25) is 0 Å². The molecule has 1 N–H and O–H groups in total. The summed E-state index contributed by atoms with van der Waals surface area (Å²) in [5.41, 5.74) is 1.74. The molecule has 0 aromatic rings. The number of rotatable bonds is 1. The zero-order valence-electron chi connectivity index (χ0n) is 21.8. The molecule has 0 radical (unpaired) electrons. The molecular weight excluding hydrogens is 376 g/mol. The van der Waals surface area contributed by atoms with Crippen molar-refractivity contribution in [3.8, 4) is 0 Å². The summed E-state index contributed by atoms with van der Waals surface area (Å²) < 4.78 is 0. The van der Waals surface area contributed by atoms with Crippen molar-refractivity contribution < 1.29 is 5.11 Å². The van der Waals surface area contributed by atoms with Gasteiger partial charge in [0.05, 0.1) is 6.10 Å². The van der Waals surface area contributed by atoms with E-state index in [9.17, 15) is 5.11 Å². The predicted octanol–water partition coefficient (Wildman–Crippen LogP) is 7.88. The molecule has 176 valence electrons. The van der Waals surface area contributed by atoms with Crippen molar-refractivity contribution in [3.63, 3.8) is 0 Å². The number of allylic oxidation sites excluding steroid dienone is 2. The lowest BCUT2D eigenvalue weighted by atomic mass is 9.34. The van der Waals surface area contributed by atoms with Crippen molar-refractivity contribution >= 4 is 0 Å². The van der Waals surface area contributed by atoms with Gasteiger partial charge in [-0.2, -0.15) is 0 Å². The van der Waals surface area contributed by atoms with Crippen LogP contribution in [-0.4, -0.2) is 11.2 Å². The van der Waals surface area contributed by atoms with Gasteiger partial charge >= 0.3 is 0 Å². The minimum Gasteiger partial charge on any atom is -0.393 e. The molecular formula is C30H50O. The minimum absolute atomic E-state index is 0.0409. The zero-order chi connectivity index (χ0) is 22.6. The number of aliphatic hydroxyl groups excluding tert-OH is 1. The summed E-state index contributed by atoms with van der Waals surface area (Å²) in [5.74, 6) is 4.63. The van der Waals surface area contributed by atoms with Crippen LogP contribution < -0.4 is 0 Å². The fourth-order valence-corrected chi connectivity index (χ4v) is 11.0. The molecule has 0 heterocycles. The molecule has 4 fully saturated rings. The Morgan fingerprint density at radius 2 is 1.48 bits per heavy atom. The second-order valence-electron chi connectivity index (χ2n) is 14.8. The van der Waals surface area contributed by atoms with E-state index in [0.717, 1.165) is 30.1 Å². The Hall–Kier alpha value is -0.300. The monoisotopic (exact) mass is 426 g/mol. The van der Waals surface area contributed by atoms with Crippen molar-refractivity contribution in [2.24, 2.45) is 62.6 Å². The van der Waals surface area contributed by atoms with E-state index in [1.54, 1.807) is 0 Å². The highest BCUT2D eigenvalue weighted by Crippen LogP contribution is 2.76. The van der Waals surface area contributed by atoms with Gasteiger partial charge in [0, 0.05) is 0 Å². The third-order valence-electron chi connectivity index (χ3n) is 13.2. The smallest absolute Gasteiger partial charge is 0.0594 e. The first-order chi connectivity index (χ1) is 14.3. The fraction of sp³-hybridized carbons (Fsp3) is 0.933. The van der Waals surface area contributed by atoms with Gasteiger partial charge in [-0.1, -0.05) is 67.5 Å². The molecule has 5 aliphatic rings. The highest BCUT2D eigenvalue weighted by molar-refractivity contribution is 5.26. The molecule has 0 amide bonds. The lowest BCUT2D eigenvalue weighted by Gasteiger charge is -2.71. The summed E-state index contributed by atoms with van der Waals surface area (Å²) in [5, 5.41) is 10.9. The fourth-order valence-electron chi connectivity index (χ4n) is 11.0. The standard InChI is InChI=1S/C30H50O/c1-19(2)20-11-14-27(5)17-18-29(7)21(25(20)27)9-10-23-28(6)15-13-24(31)26(3,4)22(28)12-16-30(23,29)8/h9-10,19-25,31H,11-18H2,1-8H3/t20-,21+,22-,23+,24-,25+,27+,28-,29+,30+/m0/s1. The molecule has 0 spiro atoms. The Kier molecular flexibility index (Phi) is 4.82. The lowest BCUT2D eigenvalue weighted by molar-refractivity contribution is -0.211. The summed E-state index contributed by atoms with van der Waals surface area (Å²) in [7, 11) is 0. The van der Waals surface area contributed by atoms with E-state index in [1.165, 1.54) is 44.9 Å². The highest BCUT2D eigenvalue weighted by atomic mass is 16.3. The van der Waals surface area contributed by atoms with E-state index in [1.807, 2.05) is 0 Å². The Morgan fingerprint density at radius 1 is 0.774 bits per heavy atom. The average molecular weight is 427 g/mol. The quantitative estimate of drug-likeness (QED) is 0.423. The normalized spacial score (nSPS) is 57.7. The van der Waals surface area contributed by atoms with Crippen LogP contribution in [0.25, 0.3) is 0 Å². The Balaban J connectivity index is 1.59. The highest BCUT2D eigenvalue weighted by Gasteiger charge is 2.69. The van der Waals surface area contributed by atoms with Crippen LogP contribution in [-0.2, 0) is 0 Å². The van der Waals surface area contributed by atoms with Crippen molar-refractivity contribution in [1.29, 1.82) is 0 Å². The number of aliphatic hydroxyl groups is 1. The van der Waals surface area contributed by atoms with Gasteiger partial charge in [-0.05, 0) is 114 Å². The van der Waals surface area contributed by atoms with Crippen LogP contribution in [0.5, 0.6) is 0 Å². The van der Waals surface area contributed by atoms with Gasteiger partial charge in [0.1, 0.15) is 0 Å². The van der Waals surface area contributed by atoms with Crippen LogP contribution in [0.2, 0.25) is 0 Å². The molecule has 4 saturated carbocycles. The van der Waals surface area contributed by atoms with Crippen molar-refractivity contribution in [1.82, 2.24) is 0 Å². The largest absolute Gasteiger partial charge is 0.393 e. The van der Waals surface area contributed by atoms with Gasteiger partial charge in [0.25, 0.3) is 0 Å². The third kappa shape index (κ3) is 2.65. The maximum atomic E-state index is 10.9. The van der Waals surface area contributed by atoms with Crippen LogP contribution in [0, 0.1) is 62.6 Å². The van der Waals surface area contributed by atoms with E-state index in [0.29, 0.717) is 33.5 Å². The van der Waals surface area contributed by atoms with Crippen molar-refractivity contribution in [3.05, 3.63) is 12.2 Å². The van der Waals surface area contributed by atoms with Gasteiger partial charge in [-0.25, -0.2) is 0 Å². The number of hydrogen-bond acceptors (Lipinski definition) is 1. The first kappa shape index (κ1) is 22.5. The molecule has 5 rings (SSSR count). The zero-order valence-corrected chi connectivity index (χ0v) is 21.8. The lowest BCUT2D eigenvalue weighted by Crippen LogP contribution is -2.65. The summed E-state index contributed by atoms with van der Waals surface area (Å²) in [6, 6.07) is 0. The molecule has 5 aliphatic carbocycles. The maximum absolute atomic E-state index is 10.9. The van der Waals surface area contributed by atoms with Crippen LogP contribution in [0.1, 0.15) is 107 Å². The second-order valence-corrected chi connectivity index (χ2v) is 14.8. The molecule has 31 heavy (non-hydrogen) atoms. The number of hydrogen-bond donors (Lipinski definition) is 1. The molecule has 0 saturated heterocycles. The Bertz CT molecular complexity index is 764. The first-order valence-corrected chi connectivity index (χ1v) is 13.7. The van der Waals surface area contributed by atoms with Gasteiger partial charge in [-0.3, -0.25) is 0 Å². The second kappa shape index (κ2) is 6.64. The number of fused-ring (bicyclic) bond motifs is 7. The predicted molar refractivity (Wildman–Crippen MR) is 131 cm³/mol. The average Bonchev–Trinajstić information content (AvgIpc) is 3.04. The molecule has 0 aromatic heterocycles. The van der Waals surface area contributed by atoms with Gasteiger partial charge < -0.3 is 5.11 Å². The third-order valence-corrected chi connectivity index (χ3v) is 13.2. The minimum atomic E-state index is -0.133.